The van der Waals surface area contributed by atoms with Gasteiger partial charge in [0.1, 0.15) is 5.82 Å². The highest BCUT2D eigenvalue weighted by atomic mass is 16.6. The first-order valence-corrected chi connectivity index (χ1v) is 6.15. The molecule has 0 aliphatic carbocycles. The molecule has 0 radical (unpaired) electrons. The molecular weight excluding hydrogens is 262 g/mol. The first-order chi connectivity index (χ1) is 9.60. The smallest absolute Gasteiger partial charge is 0.311 e. The van der Waals surface area contributed by atoms with Gasteiger partial charge in [-0.25, -0.2) is 4.98 Å². The molecule has 0 atom stereocenters. The van der Waals surface area contributed by atoms with Crippen molar-refractivity contribution in [1.29, 1.82) is 0 Å². The van der Waals surface area contributed by atoms with Gasteiger partial charge >= 0.3 is 5.69 Å². The molecule has 0 saturated heterocycles. The van der Waals surface area contributed by atoms with Gasteiger partial charge in [0.05, 0.1) is 17.2 Å². The Morgan fingerprint density at radius 1 is 1.40 bits per heavy atom. The van der Waals surface area contributed by atoms with E-state index in [1.807, 2.05) is 6.92 Å². The van der Waals surface area contributed by atoms with E-state index in [2.05, 4.69) is 20.8 Å². The molecular formula is C12H15N5O3. The number of hydrogen-bond donors (Lipinski definition) is 2. The van der Waals surface area contributed by atoms with Crippen molar-refractivity contribution in [2.75, 3.05) is 17.2 Å². The molecule has 8 heteroatoms. The van der Waals surface area contributed by atoms with E-state index >= 15 is 0 Å². The van der Waals surface area contributed by atoms with Gasteiger partial charge in [0.15, 0.2) is 5.76 Å². The molecule has 0 aromatic carbocycles. The Balaban J connectivity index is 2.18. The molecule has 0 aliphatic heterocycles. The van der Waals surface area contributed by atoms with Gasteiger partial charge in [-0.2, -0.15) is 0 Å². The summed E-state index contributed by atoms with van der Waals surface area (Å²) in [6, 6.07) is 4.75. The summed E-state index contributed by atoms with van der Waals surface area (Å²) in [5.41, 5.74) is 0.675. The predicted octanol–water partition coefficient (Wildman–Crippen LogP) is 2.33. The molecule has 0 saturated carbocycles. The van der Waals surface area contributed by atoms with Gasteiger partial charge in [-0.05, 0) is 19.9 Å². The molecule has 0 amide bonds. The number of hydrogen-bond acceptors (Lipinski definition) is 7. The van der Waals surface area contributed by atoms with Crippen LogP contribution in [0, 0.1) is 17.0 Å². The van der Waals surface area contributed by atoms with E-state index in [0.717, 1.165) is 5.69 Å². The van der Waals surface area contributed by atoms with Crippen LogP contribution in [0.15, 0.2) is 22.7 Å². The zero-order valence-electron chi connectivity index (χ0n) is 11.2. The fourth-order valence-electron chi connectivity index (χ4n) is 1.68. The predicted molar refractivity (Wildman–Crippen MR) is 73.6 cm³/mol. The van der Waals surface area contributed by atoms with Crippen LogP contribution in [-0.2, 0) is 6.54 Å². The monoisotopic (exact) mass is 277 g/mol. The van der Waals surface area contributed by atoms with Crippen LogP contribution in [0.3, 0.4) is 0 Å². The molecule has 2 N–H and O–H groups in total. The standard InChI is InChI=1S/C12H15N5O3/c1-3-13-11-5-4-10(17(18)19)12(15-11)14-7-9-6-8(2)16-20-9/h4-6H,3,7H2,1-2H3,(H2,13,14,15). The Bertz CT molecular complexity index is 611. The van der Waals surface area contributed by atoms with Gasteiger partial charge in [0, 0.05) is 18.7 Å². The Morgan fingerprint density at radius 3 is 2.80 bits per heavy atom. The highest BCUT2D eigenvalue weighted by Gasteiger charge is 2.16. The lowest BCUT2D eigenvalue weighted by molar-refractivity contribution is -0.384. The minimum Gasteiger partial charge on any atom is -0.370 e. The van der Waals surface area contributed by atoms with E-state index in [9.17, 15) is 10.1 Å². The quantitative estimate of drug-likeness (QED) is 0.616. The van der Waals surface area contributed by atoms with Crippen LogP contribution in [0.25, 0.3) is 0 Å². The molecule has 20 heavy (non-hydrogen) atoms. The Kier molecular flexibility index (Phi) is 4.14. The van der Waals surface area contributed by atoms with Crippen molar-refractivity contribution in [2.45, 2.75) is 20.4 Å². The SMILES string of the molecule is CCNc1ccc([N+](=O)[O-])c(NCc2cc(C)no2)n1. The van der Waals surface area contributed by atoms with Crippen LogP contribution >= 0.6 is 0 Å². The molecule has 0 spiro atoms. The Morgan fingerprint density at radius 2 is 2.20 bits per heavy atom. The summed E-state index contributed by atoms with van der Waals surface area (Å²) >= 11 is 0. The summed E-state index contributed by atoms with van der Waals surface area (Å²) < 4.78 is 5.04. The number of nitrogens with one attached hydrogen (secondary N) is 2. The van der Waals surface area contributed by atoms with Gasteiger partial charge in [-0.1, -0.05) is 5.16 Å². The third kappa shape index (κ3) is 3.22. The molecule has 0 bridgehead atoms. The van der Waals surface area contributed by atoms with Crippen LogP contribution in [0.5, 0.6) is 0 Å². The second-order valence-corrected chi connectivity index (χ2v) is 4.14. The Hall–Kier alpha value is -2.64. The molecule has 106 valence electrons. The minimum atomic E-state index is -0.476. The number of aryl methyl sites for hydroxylation is 1. The van der Waals surface area contributed by atoms with Gasteiger partial charge < -0.3 is 15.2 Å². The normalized spacial score (nSPS) is 10.3. The second-order valence-electron chi connectivity index (χ2n) is 4.14. The maximum Gasteiger partial charge on any atom is 0.311 e. The van der Waals surface area contributed by atoms with E-state index in [1.165, 1.54) is 6.07 Å². The van der Waals surface area contributed by atoms with Crippen LogP contribution in [-0.4, -0.2) is 21.6 Å². The lowest BCUT2D eigenvalue weighted by Gasteiger charge is -2.07. The summed E-state index contributed by atoms with van der Waals surface area (Å²) in [6.07, 6.45) is 0. The molecule has 2 rings (SSSR count). The fraction of sp³-hybridized carbons (Fsp3) is 0.333. The molecule has 8 nitrogen and oxygen atoms in total. The minimum absolute atomic E-state index is 0.0807. The number of rotatable bonds is 6. The Labute approximate surface area is 115 Å². The van der Waals surface area contributed by atoms with Crippen LogP contribution in [0.1, 0.15) is 18.4 Å². The maximum atomic E-state index is 11.0. The zero-order chi connectivity index (χ0) is 14.5. The van der Waals surface area contributed by atoms with Crippen molar-refractivity contribution in [3.05, 3.63) is 39.8 Å². The average Bonchev–Trinajstić information content (AvgIpc) is 2.82. The lowest BCUT2D eigenvalue weighted by Crippen LogP contribution is -2.07. The largest absolute Gasteiger partial charge is 0.370 e. The van der Waals surface area contributed by atoms with E-state index in [1.54, 1.807) is 19.1 Å². The molecule has 0 unspecified atom stereocenters. The zero-order valence-corrected chi connectivity index (χ0v) is 11.2. The van der Waals surface area contributed by atoms with Crippen molar-refractivity contribution < 1.29 is 9.45 Å². The second kappa shape index (κ2) is 6.00. The van der Waals surface area contributed by atoms with E-state index in [0.29, 0.717) is 18.1 Å². The summed E-state index contributed by atoms with van der Waals surface area (Å²) in [7, 11) is 0. The fourth-order valence-corrected chi connectivity index (χ4v) is 1.68. The van der Waals surface area contributed by atoms with E-state index in [4.69, 9.17) is 4.52 Å². The molecule has 2 aromatic heterocycles. The third-order valence-electron chi connectivity index (χ3n) is 2.54. The van der Waals surface area contributed by atoms with Crippen molar-refractivity contribution in [3.8, 4) is 0 Å². The number of pyridine rings is 1. The van der Waals surface area contributed by atoms with Crippen molar-refractivity contribution in [1.82, 2.24) is 10.1 Å². The highest BCUT2D eigenvalue weighted by molar-refractivity contribution is 5.60. The van der Waals surface area contributed by atoms with Gasteiger partial charge in [-0.3, -0.25) is 10.1 Å². The molecule has 0 aliphatic rings. The van der Waals surface area contributed by atoms with E-state index < -0.39 is 4.92 Å². The first-order valence-electron chi connectivity index (χ1n) is 6.15. The lowest BCUT2D eigenvalue weighted by atomic mass is 10.3. The van der Waals surface area contributed by atoms with Gasteiger partial charge in [0.25, 0.3) is 0 Å². The van der Waals surface area contributed by atoms with E-state index in [-0.39, 0.29) is 18.1 Å². The van der Waals surface area contributed by atoms with Crippen molar-refractivity contribution in [3.63, 3.8) is 0 Å². The third-order valence-corrected chi connectivity index (χ3v) is 2.54. The van der Waals surface area contributed by atoms with Crippen molar-refractivity contribution >= 4 is 17.3 Å². The molecule has 2 heterocycles. The number of nitro groups is 1. The topological polar surface area (TPSA) is 106 Å². The highest BCUT2D eigenvalue weighted by Crippen LogP contribution is 2.24. The number of aromatic nitrogens is 2. The maximum absolute atomic E-state index is 11.0. The van der Waals surface area contributed by atoms with Gasteiger partial charge in [0.2, 0.25) is 5.82 Å². The number of anilines is 2. The van der Waals surface area contributed by atoms with Crippen LogP contribution in [0.4, 0.5) is 17.3 Å². The summed E-state index contributed by atoms with van der Waals surface area (Å²) in [4.78, 5) is 14.7. The summed E-state index contributed by atoms with van der Waals surface area (Å²) in [5, 5.41) is 20.6. The molecule has 0 fully saturated rings. The average molecular weight is 277 g/mol. The summed E-state index contributed by atoms with van der Waals surface area (Å²) in [6.45, 7) is 4.70. The number of nitrogens with zero attached hydrogens (tertiary/aromatic N) is 3. The first kappa shape index (κ1) is 13.8. The summed E-state index contributed by atoms with van der Waals surface area (Å²) in [5.74, 6) is 1.37. The van der Waals surface area contributed by atoms with Crippen LogP contribution < -0.4 is 10.6 Å². The van der Waals surface area contributed by atoms with Gasteiger partial charge in [-0.15, -0.1) is 0 Å². The van der Waals surface area contributed by atoms with Crippen LogP contribution in [0.2, 0.25) is 0 Å². The molecule has 2 aromatic rings. The van der Waals surface area contributed by atoms with Crippen molar-refractivity contribution in [2.24, 2.45) is 0 Å².